The largest absolute Gasteiger partial charge is 0.329 e. The van der Waals surface area contributed by atoms with Crippen molar-refractivity contribution in [2.24, 2.45) is 17.6 Å². The van der Waals surface area contributed by atoms with E-state index in [9.17, 15) is 0 Å². The van der Waals surface area contributed by atoms with Crippen LogP contribution in [0.5, 0.6) is 0 Å². The van der Waals surface area contributed by atoms with E-state index in [1.165, 1.54) is 57.4 Å². The predicted molar refractivity (Wildman–Crippen MR) is 80.0 cm³/mol. The Bertz CT molecular complexity index is 292. The molecule has 3 aliphatic rings. The monoisotopic (exact) mass is 268 g/mol. The third-order valence-corrected chi connectivity index (χ3v) is 6.58. The van der Waals surface area contributed by atoms with E-state index in [-0.39, 0.29) is 0 Å². The first-order valence-electron chi connectivity index (χ1n) is 7.80. The standard InChI is InChI=1S/C15H28N2S/c1-12-10-17(7-8-18-12)15(11-16)6-2-3-14(9-15)13-4-5-13/h12-14H,2-11,16H2,1H3. The molecule has 3 rings (SSSR count). The maximum absolute atomic E-state index is 6.25. The molecule has 0 aromatic carbocycles. The van der Waals surface area contributed by atoms with E-state index in [2.05, 4.69) is 23.6 Å². The van der Waals surface area contributed by atoms with Crippen LogP contribution in [0.25, 0.3) is 0 Å². The van der Waals surface area contributed by atoms with Gasteiger partial charge in [0.2, 0.25) is 0 Å². The number of nitrogens with zero attached hydrogens (tertiary/aromatic N) is 1. The van der Waals surface area contributed by atoms with Crippen LogP contribution in [0.3, 0.4) is 0 Å². The van der Waals surface area contributed by atoms with Crippen molar-refractivity contribution in [2.45, 2.75) is 56.2 Å². The highest BCUT2D eigenvalue weighted by molar-refractivity contribution is 7.99. The average molecular weight is 268 g/mol. The Kier molecular flexibility index (Phi) is 3.93. The van der Waals surface area contributed by atoms with Crippen molar-refractivity contribution in [1.82, 2.24) is 4.90 Å². The topological polar surface area (TPSA) is 29.3 Å². The van der Waals surface area contributed by atoms with Gasteiger partial charge in [-0.3, -0.25) is 4.90 Å². The molecule has 3 heteroatoms. The van der Waals surface area contributed by atoms with E-state index in [1.54, 1.807) is 0 Å². The summed E-state index contributed by atoms with van der Waals surface area (Å²) in [5.41, 5.74) is 6.61. The van der Waals surface area contributed by atoms with E-state index in [0.717, 1.165) is 23.6 Å². The smallest absolute Gasteiger partial charge is 0.0335 e. The molecule has 0 amide bonds. The molecule has 1 aliphatic heterocycles. The zero-order chi connectivity index (χ0) is 12.6. The second-order valence-corrected chi connectivity index (χ2v) is 8.30. The normalized spacial score (nSPS) is 43.0. The zero-order valence-corrected chi connectivity index (χ0v) is 12.6. The summed E-state index contributed by atoms with van der Waals surface area (Å²) in [6, 6.07) is 0. The number of thioether (sulfide) groups is 1. The highest BCUT2D eigenvalue weighted by Gasteiger charge is 2.45. The number of nitrogens with two attached hydrogens (primary N) is 1. The van der Waals surface area contributed by atoms with Crippen molar-refractivity contribution in [3.63, 3.8) is 0 Å². The lowest BCUT2D eigenvalue weighted by atomic mass is 9.72. The molecule has 0 bridgehead atoms. The van der Waals surface area contributed by atoms with Gasteiger partial charge in [0.1, 0.15) is 0 Å². The van der Waals surface area contributed by atoms with Crippen molar-refractivity contribution in [2.75, 3.05) is 25.4 Å². The lowest BCUT2D eigenvalue weighted by molar-refractivity contribution is 0.0342. The first-order chi connectivity index (χ1) is 8.73. The van der Waals surface area contributed by atoms with Crippen LogP contribution in [0.2, 0.25) is 0 Å². The summed E-state index contributed by atoms with van der Waals surface area (Å²) in [6.45, 7) is 5.79. The molecule has 3 unspecified atom stereocenters. The van der Waals surface area contributed by atoms with Crippen LogP contribution in [0, 0.1) is 11.8 Å². The fourth-order valence-electron chi connectivity index (χ4n) is 4.21. The van der Waals surface area contributed by atoms with Gasteiger partial charge in [-0.15, -0.1) is 0 Å². The van der Waals surface area contributed by atoms with E-state index in [0.29, 0.717) is 5.54 Å². The second kappa shape index (κ2) is 5.34. The molecule has 2 nitrogen and oxygen atoms in total. The summed E-state index contributed by atoms with van der Waals surface area (Å²) in [4.78, 5) is 2.77. The van der Waals surface area contributed by atoms with Gasteiger partial charge in [-0.05, 0) is 37.5 Å². The first kappa shape index (κ1) is 13.3. The Hall–Kier alpha value is 0.270. The minimum Gasteiger partial charge on any atom is -0.329 e. The molecule has 0 spiro atoms. The van der Waals surface area contributed by atoms with Crippen LogP contribution in [0.15, 0.2) is 0 Å². The quantitative estimate of drug-likeness (QED) is 0.853. The number of hydrogen-bond donors (Lipinski definition) is 1. The molecule has 3 fully saturated rings. The molecule has 2 aliphatic carbocycles. The Morgan fingerprint density at radius 2 is 2.11 bits per heavy atom. The number of hydrogen-bond acceptors (Lipinski definition) is 3. The zero-order valence-electron chi connectivity index (χ0n) is 11.7. The summed E-state index contributed by atoms with van der Waals surface area (Å²) in [5, 5.41) is 0.795. The maximum Gasteiger partial charge on any atom is 0.0335 e. The maximum atomic E-state index is 6.25. The molecule has 1 heterocycles. The van der Waals surface area contributed by atoms with Crippen molar-refractivity contribution >= 4 is 11.8 Å². The van der Waals surface area contributed by atoms with E-state index in [4.69, 9.17) is 5.73 Å². The molecule has 104 valence electrons. The molecule has 1 saturated heterocycles. The molecule has 18 heavy (non-hydrogen) atoms. The van der Waals surface area contributed by atoms with Crippen molar-refractivity contribution < 1.29 is 0 Å². The third kappa shape index (κ3) is 2.59. The van der Waals surface area contributed by atoms with Crippen LogP contribution in [0.4, 0.5) is 0 Å². The van der Waals surface area contributed by atoms with Crippen LogP contribution in [-0.4, -0.2) is 41.1 Å². The number of rotatable bonds is 3. The fraction of sp³-hybridized carbons (Fsp3) is 1.00. The van der Waals surface area contributed by atoms with Crippen molar-refractivity contribution in [1.29, 1.82) is 0 Å². The average Bonchev–Trinajstić information content (AvgIpc) is 3.23. The summed E-state index contributed by atoms with van der Waals surface area (Å²) < 4.78 is 0. The molecular formula is C15H28N2S. The summed E-state index contributed by atoms with van der Waals surface area (Å²) >= 11 is 2.13. The van der Waals surface area contributed by atoms with Gasteiger partial charge in [0.25, 0.3) is 0 Å². The van der Waals surface area contributed by atoms with E-state index in [1.807, 2.05) is 0 Å². The Morgan fingerprint density at radius 3 is 2.78 bits per heavy atom. The minimum atomic E-state index is 0.362. The van der Waals surface area contributed by atoms with Crippen LogP contribution in [0.1, 0.15) is 45.4 Å². The molecular weight excluding hydrogens is 240 g/mol. The van der Waals surface area contributed by atoms with Gasteiger partial charge in [0, 0.05) is 36.2 Å². The molecule has 2 saturated carbocycles. The van der Waals surface area contributed by atoms with Gasteiger partial charge in [-0.2, -0.15) is 11.8 Å². The first-order valence-corrected chi connectivity index (χ1v) is 8.85. The molecule has 0 aromatic heterocycles. The van der Waals surface area contributed by atoms with Gasteiger partial charge >= 0.3 is 0 Å². The molecule has 2 N–H and O–H groups in total. The Morgan fingerprint density at radius 1 is 1.28 bits per heavy atom. The predicted octanol–water partition coefficient (Wildman–Crippen LogP) is 2.72. The van der Waals surface area contributed by atoms with Crippen molar-refractivity contribution in [3.8, 4) is 0 Å². The fourth-order valence-corrected chi connectivity index (χ4v) is 5.22. The highest BCUT2D eigenvalue weighted by Crippen LogP contribution is 2.48. The third-order valence-electron chi connectivity index (χ3n) is 5.44. The van der Waals surface area contributed by atoms with Crippen molar-refractivity contribution in [3.05, 3.63) is 0 Å². The molecule has 0 radical (unpaired) electrons. The van der Waals surface area contributed by atoms with Crippen LogP contribution < -0.4 is 5.73 Å². The summed E-state index contributed by atoms with van der Waals surface area (Å²) in [6.07, 6.45) is 8.63. The second-order valence-electron chi connectivity index (χ2n) is 6.75. The molecule has 0 aromatic rings. The lowest BCUT2D eigenvalue weighted by Crippen LogP contribution is -2.59. The van der Waals surface area contributed by atoms with Gasteiger partial charge < -0.3 is 5.73 Å². The minimum absolute atomic E-state index is 0.362. The SMILES string of the molecule is CC1CN(C2(CN)CCCC(C3CC3)C2)CCS1. The summed E-state index contributed by atoms with van der Waals surface area (Å²) in [5.74, 6) is 3.36. The Balaban J connectivity index is 1.71. The van der Waals surface area contributed by atoms with Gasteiger partial charge in [-0.1, -0.05) is 19.8 Å². The van der Waals surface area contributed by atoms with Gasteiger partial charge in [0.05, 0.1) is 0 Å². The highest BCUT2D eigenvalue weighted by atomic mass is 32.2. The van der Waals surface area contributed by atoms with Gasteiger partial charge in [-0.25, -0.2) is 0 Å². The van der Waals surface area contributed by atoms with Crippen LogP contribution >= 0.6 is 11.8 Å². The molecule has 3 atom stereocenters. The lowest BCUT2D eigenvalue weighted by Gasteiger charge is -2.50. The summed E-state index contributed by atoms with van der Waals surface area (Å²) in [7, 11) is 0. The van der Waals surface area contributed by atoms with E-state index >= 15 is 0 Å². The van der Waals surface area contributed by atoms with Crippen LogP contribution in [-0.2, 0) is 0 Å². The van der Waals surface area contributed by atoms with Gasteiger partial charge in [0.15, 0.2) is 0 Å². The van der Waals surface area contributed by atoms with E-state index < -0.39 is 0 Å². The Labute approximate surface area is 116 Å².